The molecule has 1 unspecified atom stereocenters. The summed E-state index contributed by atoms with van der Waals surface area (Å²) in [5.74, 6) is 0.881. The van der Waals surface area contributed by atoms with Crippen molar-refractivity contribution in [2.24, 2.45) is 5.73 Å². The fourth-order valence-electron chi connectivity index (χ4n) is 2.10. The van der Waals surface area contributed by atoms with E-state index in [9.17, 15) is 0 Å². The highest BCUT2D eigenvalue weighted by Gasteiger charge is 2.12. The van der Waals surface area contributed by atoms with E-state index in [1.807, 2.05) is 31.2 Å². The molecular formula is C17H21NO. The molecule has 0 fully saturated rings. The first-order chi connectivity index (χ1) is 9.08. The van der Waals surface area contributed by atoms with Crippen molar-refractivity contribution in [2.45, 2.75) is 32.9 Å². The highest BCUT2D eigenvalue weighted by Crippen LogP contribution is 2.29. The van der Waals surface area contributed by atoms with E-state index in [-0.39, 0.29) is 12.1 Å². The lowest BCUT2D eigenvalue weighted by molar-refractivity contribution is 0.223. The van der Waals surface area contributed by atoms with E-state index in [1.165, 1.54) is 11.1 Å². The minimum atomic E-state index is -0.0291. The maximum absolute atomic E-state index is 6.09. The highest BCUT2D eigenvalue weighted by atomic mass is 16.5. The molecule has 19 heavy (non-hydrogen) atoms. The Kier molecular flexibility index (Phi) is 4.23. The summed E-state index contributed by atoms with van der Waals surface area (Å²) in [4.78, 5) is 0. The van der Waals surface area contributed by atoms with Crippen molar-refractivity contribution >= 4 is 0 Å². The van der Waals surface area contributed by atoms with Crippen LogP contribution in [-0.4, -0.2) is 0 Å². The lowest BCUT2D eigenvalue weighted by Gasteiger charge is -2.20. The van der Waals surface area contributed by atoms with Gasteiger partial charge in [-0.25, -0.2) is 0 Å². The van der Waals surface area contributed by atoms with Gasteiger partial charge in [-0.3, -0.25) is 0 Å². The Morgan fingerprint density at radius 3 is 2.32 bits per heavy atom. The van der Waals surface area contributed by atoms with E-state index in [0.717, 1.165) is 11.3 Å². The number of benzene rings is 2. The minimum Gasteiger partial charge on any atom is -0.486 e. The normalized spacial score (nSPS) is 13.9. The monoisotopic (exact) mass is 255 g/mol. The molecule has 2 nitrogen and oxygen atoms in total. The third-order valence-electron chi connectivity index (χ3n) is 3.23. The first-order valence-corrected chi connectivity index (χ1v) is 6.65. The lowest BCUT2D eigenvalue weighted by atomic mass is 10.1. The van der Waals surface area contributed by atoms with Crippen LogP contribution in [0.3, 0.4) is 0 Å². The summed E-state index contributed by atoms with van der Waals surface area (Å²) in [7, 11) is 0. The Labute approximate surface area is 115 Å². The van der Waals surface area contributed by atoms with Gasteiger partial charge < -0.3 is 10.5 Å². The predicted molar refractivity (Wildman–Crippen MR) is 79.3 cm³/mol. The van der Waals surface area contributed by atoms with Crippen LogP contribution in [0.4, 0.5) is 0 Å². The SMILES string of the molecule is Cc1ccc([C@H](C)N)c(OC(C)c2ccccc2)c1. The van der Waals surface area contributed by atoms with E-state index in [2.05, 4.69) is 38.1 Å². The maximum atomic E-state index is 6.09. The molecule has 2 atom stereocenters. The first kappa shape index (κ1) is 13.6. The van der Waals surface area contributed by atoms with Gasteiger partial charge in [-0.05, 0) is 38.0 Å². The maximum Gasteiger partial charge on any atom is 0.125 e. The predicted octanol–water partition coefficient (Wildman–Crippen LogP) is 4.15. The molecule has 0 heterocycles. The summed E-state index contributed by atoms with van der Waals surface area (Å²) in [6, 6.07) is 16.4. The van der Waals surface area contributed by atoms with Crippen molar-refractivity contribution in [3.8, 4) is 5.75 Å². The second-order valence-corrected chi connectivity index (χ2v) is 5.00. The number of ether oxygens (including phenoxy) is 1. The molecule has 2 rings (SSSR count). The highest BCUT2D eigenvalue weighted by molar-refractivity contribution is 5.39. The van der Waals surface area contributed by atoms with Crippen LogP contribution in [0, 0.1) is 6.92 Å². The van der Waals surface area contributed by atoms with Gasteiger partial charge in [-0.15, -0.1) is 0 Å². The molecule has 0 saturated carbocycles. The number of aryl methyl sites for hydroxylation is 1. The van der Waals surface area contributed by atoms with Gasteiger partial charge in [-0.1, -0.05) is 42.5 Å². The molecule has 0 aliphatic rings. The molecule has 0 aliphatic heterocycles. The fraction of sp³-hybridized carbons (Fsp3) is 0.294. The van der Waals surface area contributed by atoms with Crippen LogP contribution in [0.15, 0.2) is 48.5 Å². The molecule has 0 aliphatic carbocycles. The molecule has 0 bridgehead atoms. The van der Waals surface area contributed by atoms with Gasteiger partial charge in [0.1, 0.15) is 11.9 Å². The van der Waals surface area contributed by atoms with Gasteiger partial charge in [0, 0.05) is 11.6 Å². The Balaban J connectivity index is 2.25. The summed E-state index contributed by atoms with van der Waals surface area (Å²) < 4.78 is 6.09. The molecule has 100 valence electrons. The molecule has 2 heteroatoms. The summed E-state index contributed by atoms with van der Waals surface area (Å²) in [5.41, 5.74) is 9.39. The summed E-state index contributed by atoms with van der Waals surface area (Å²) in [6.07, 6.45) is 0.0144. The third-order valence-corrected chi connectivity index (χ3v) is 3.23. The molecular weight excluding hydrogens is 234 g/mol. The van der Waals surface area contributed by atoms with Crippen molar-refractivity contribution in [3.05, 3.63) is 65.2 Å². The van der Waals surface area contributed by atoms with E-state index < -0.39 is 0 Å². The van der Waals surface area contributed by atoms with Crippen LogP contribution in [0.5, 0.6) is 5.75 Å². The van der Waals surface area contributed by atoms with E-state index in [0.29, 0.717) is 0 Å². The number of nitrogens with two attached hydrogens (primary N) is 1. The number of hydrogen-bond donors (Lipinski definition) is 1. The summed E-state index contributed by atoms with van der Waals surface area (Å²) >= 11 is 0. The largest absolute Gasteiger partial charge is 0.486 e. The molecule has 2 aromatic rings. The Bertz CT molecular complexity index is 534. The smallest absolute Gasteiger partial charge is 0.125 e. The third kappa shape index (κ3) is 3.36. The van der Waals surface area contributed by atoms with Crippen molar-refractivity contribution in [3.63, 3.8) is 0 Å². The van der Waals surface area contributed by atoms with Crippen molar-refractivity contribution in [1.82, 2.24) is 0 Å². The molecule has 0 saturated heterocycles. The van der Waals surface area contributed by atoms with Gasteiger partial charge in [0.2, 0.25) is 0 Å². The topological polar surface area (TPSA) is 35.2 Å². The molecule has 2 N–H and O–H groups in total. The second-order valence-electron chi connectivity index (χ2n) is 5.00. The van der Waals surface area contributed by atoms with Crippen LogP contribution in [0.1, 0.15) is 42.7 Å². The molecule has 2 aromatic carbocycles. The van der Waals surface area contributed by atoms with Gasteiger partial charge in [0.15, 0.2) is 0 Å². The van der Waals surface area contributed by atoms with Gasteiger partial charge in [0.25, 0.3) is 0 Å². The zero-order valence-electron chi connectivity index (χ0n) is 11.8. The van der Waals surface area contributed by atoms with Crippen LogP contribution < -0.4 is 10.5 Å². The quantitative estimate of drug-likeness (QED) is 0.890. The number of hydrogen-bond acceptors (Lipinski definition) is 2. The van der Waals surface area contributed by atoms with E-state index in [4.69, 9.17) is 10.5 Å². The van der Waals surface area contributed by atoms with Crippen LogP contribution >= 0.6 is 0 Å². The van der Waals surface area contributed by atoms with Crippen molar-refractivity contribution < 1.29 is 4.74 Å². The molecule has 0 aromatic heterocycles. The lowest BCUT2D eigenvalue weighted by Crippen LogP contribution is -2.10. The zero-order valence-corrected chi connectivity index (χ0v) is 11.8. The van der Waals surface area contributed by atoms with Gasteiger partial charge in [0.05, 0.1) is 0 Å². The van der Waals surface area contributed by atoms with E-state index >= 15 is 0 Å². The van der Waals surface area contributed by atoms with Crippen LogP contribution in [0.2, 0.25) is 0 Å². The first-order valence-electron chi connectivity index (χ1n) is 6.65. The summed E-state index contributed by atoms with van der Waals surface area (Å²) in [5, 5.41) is 0. The van der Waals surface area contributed by atoms with Gasteiger partial charge >= 0.3 is 0 Å². The number of rotatable bonds is 4. The second kappa shape index (κ2) is 5.89. The fourth-order valence-corrected chi connectivity index (χ4v) is 2.10. The van der Waals surface area contributed by atoms with Crippen LogP contribution in [-0.2, 0) is 0 Å². The molecule has 0 amide bonds. The average molecular weight is 255 g/mol. The Hall–Kier alpha value is -1.80. The standard InChI is InChI=1S/C17H21NO/c1-12-9-10-16(13(2)18)17(11-12)19-14(3)15-7-5-4-6-8-15/h4-11,13-14H,18H2,1-3H3/t13-,14?/m0/s1. The Morgan fingerprint density at radius 1 is 1.00 bits per heavy atom. The Morgan fingerprint density at radius 2 is 1.68 bits per heavy atom. The molecule has 0 radical (unpaired) electrons. The van der Waals surface area contributed by atoms with E-state index in [1.54, 1.807) is 0 Å². The summed E-state index contributed by atoms with van der Waals surface area (Å²) in [6.45, 7) is 6.10. The van der Waals surface area contributed by atoms with Crippen molar-refractivity contribution in [2.75, 3.05) is 0 Å². The minimum absolute atomic E-state index is 0.0144. The van der Waals surface area contributed by atoms with Crippen LogP contribution in [0.25, 0.3) is 0 Å². The zero-order chi connectivity index (χ0) is 13.8. The molecule has 0 spiro atoms. The van der Waals surface area contributed by atoms with Crippen molar-refractivity contribution in [1.29, 1.82) is 0 Å². The van der Waals surface area contributed by atoms with Gasteiger partial charge in [-0.2, -0.15) is 0 Å². The average Bonchev–Trinajstić information content (AvgIpc) is 2.39.